The Hall–Kier alpha value is -2.74. The number of fused-ring (bicyclic) bond motifs is 1. The lowest BCUT2D eigenvalue weighted by Crippen LogP contribution is -2.51. The fraction of sp³-hybridized carbons (Fsp3) is 0.567. The number of aliphatic hydroxyl groups is 1. The van der Waals surface area contributed by atoms with E-state index in [2.05, 4.69) is 5.32 Å². The third kappa shape index (κ3) is 7.61. The van der Waals surface area contributed by atoms with Crippen LogP contribution >= 0.6 is 0 Å². The molecular weight excluding hydrogens is 564 g/mol. The molecular formula is C30H40N2O9S. The molecule has 0 spiro atoms. The molecule has 2 unspecified atom stereocenters. The second kappa shape index (κ2) is 14.2. The van der Waals surface area contributed by atoms with Crippen molar-refractivity contribution in [3.63, 3.8) is 0 Å². The second-order valence-electron chi connectivity index (χ2n) is 11.0. The molecule has 2 aliphatic heterocycles. The van der Waals surface area contributed by atoms with E-state index in [0.29, 0.717) is 12.4 Å². The number of carbonyl (C=O) groups is 1. The monoisotopic (exact) mass is 604 g/mol. The number of nitrogens with zero attached hydrogens (tertiary/aromatic N) is 1. The Bertz CT molecular complexity index is 1260. The van der Waals surface area contributed by atoms with Crippen molar-refractivity contribution in [1.29, 1.82) is 0 Å². The number of alkyl carbamates (subject to hydrolysis) is 1. The van der Waals surface area contributed by atoms with Crippen LogP contribution in [0.5, 0.6) is 5.75 Å². The SMILES string of the molecule is COc1ccc(S(=O)(=O)N(C[C@@H](O)[C@H](Cc2ccccc2)NC(=O)O[C@H]2COC3OCCC32)OC2CCCCC2)cc1. The molecule has 2 saturated heterocycles. The Kier molecular flexibility index (Phi) is 10.3. The van der Waals surface area contributed by atoms with Crippen LogP contribution < -0.4 is 10.1 Å². The summed E-state index contributed by atoms with van der Waals surface area (Å²) < 4.78 is 50.4. The number of amides is 1. The molecule has 5 rings (SSSR count). The molecule has 0 bridgehead atoms. The summed E-state index contributed by atoms with van der Waals surface area (Å²) in [5.41, 5.74) is 0.855. The molecule has 12 heteroatoms. The van der Waals surface area contributed by atoms with Gasteiger partial charge in [0.1, 0.15) is 11.9 Å². The number of aliphatic hydroxyl groups excluding tert-OH is 1. The van der Waals surface area contributed by atoms with E-state index in [1.54, 1.807) is 12.1 Å². The van der Waals surface area contributed by atoms with E-state index < -0.39 is 40.9 Å². The first-order valence-electron chi connectivity index (χ1n) is 14.6. The van der Waals surface area contributed by atoms with E-state index >= 15 is 0 Å². The second-order valence-corrected chi connectivity index (χ2v) is 12.8. The van der Waals surface area contributed by atoms with Crippen molar-refractivity contribution in [3.05, 3.63) is 60.2 Å². The minimum absolute atomic E-state index is 0.00728. The number of ether oxygens (including phenoxy) is 4. The summed E-state index contributed by atoms with van der Waals surface area (Å²) in [5.74, 6) is 0.477. The smallest absolute Gasteiger partial charge is 0.407 e. The normalized spacial score (nSPS) is 24.2. The van der Waals surface area contributed by atoms with Crippen LogP contribution in [0.4, 0.5) is 4.79 Å². The molecule has 0 radical (unpaired) electrons. The van der Waals surface area contributed by atoms with Crippen molar-refractivity contribution >= 4 is 16.1 Å². The van der Waals surface area contributed by atoms with Crippen molar-refractivity contribution in [3.8, 4) is 5.75 Å². The summed E-state index contributed by atoms with van der Waals surface area (Å²) in [6.45, 7) is 0.386. The number of carbonyl (C=O) groups excluding carboxylic acids is 1. The summed E-state index contributed by atoms with van der Waals surface area (Å²) >= 11 is 0. The van der Waals surface area contributed by atoms with Gasteiger partial charge in [0, 0.05) is 0 Å². The van der Waals surface area contributed by atoms with E-state index in [1.165, 1.54) is 19.2 Å². The van der Waals surface area contributed by atoms with E-state index in [4.69, 9.17) is 23.8 Å². The number of hydroxylamine groups is 1. The van der Waals surface area contributed by atoms with Gasteiger partial charge in [-0.1, -0.05) is 54.1 Å². The fourth-order valence-electron chi connectivity index (χ4n) is 5.70. The minimum Gasteiger partial charge on any atom is -0.497 e. The van der Waals surface area contributed by atoms with E-state index in [0.717, 1.165) is 48.6 Å². The van der Waals surface area contributed by atoms with Crippen LogP contribution in [-0.2, 0) is 35.5 Å². The van der Waals surface area contributed by atoms with Gasteiger partial charge in [0.05, 0.1) is 55.9 Å². The van der Waals surface area contributed by atoms with Gasteiger partial charge in [0.25, 0.3) is 10.0 Å². The molecule has 230 valence electrons. The van der Waals surface area contributed by atoms with Gasteiger partial charge in [-0.15, -0.1) is 0 Å². The first kappa shape index (κ1) is 30.7. The Balaban J connectivity index is 1.34. The first-order chi connectivity index (χ1) is 20.3. The van der Waals surface area contributed by atoms with Crippen molar-refractivity contribution < 1.29 is 42.1 Å². The number of benzene rings is 2. The molecule has 42 heavy (non-hydrogen) atoms. The maximum atomic E-state index is 13.8. The largest absolute Gasteiger partial charge is 0.497 e. The number of hydrogen-bond acceptors (Lipinski definition) is 9. The highest BCUT2D eigenvalue weighted by atomic mass is 32.2. The molecule has 0 aromatic heterocycles. The first-order valence-corrected chi connectivity index (χ1v) is 16.0. The Morgan fingerprint density at radius 3 is 2.50 bits per heavy atom. The number of nitrogens with one attached hydrogen (secondary N) is 1. The van der Waals surface area contributed by atoms with Crippen molar-refractivity contribution in [2.75, 3.05) is 26.9 Å². The number of methoxy groups -OCH3 is 1. The minimum atomic E-state index is -4.16. The number of rotatable bonds is 12. The predicted molar refractivity (Wildman–Crippen MR) is 152 cm³/mol. The van der Waals surface area contributed by atoms with Crippen LogP contribution in [0.1, 0.15) is 44.1 Å². The van der Waals surface area contributed by atoms with Crippen LogP contribution in [0.15, 0.2) is 59.5 Å². The third-order valence-corrected chi connectivity index (χ3v) is 9.73. The number of sulfonamides is 1. The molecule has 3 fully saturated rings. The zero-order chi connectivity index (χ0) is 29.5. The standard InChI is InChI=1S/C30H40N2O9S/c1-37-22-12-14-24(15-13-22)42(35,36)32(41-23-10-6-3-7-11-23)19-27(33)26(18-21-8-4-2-5-9-21)31-30(34)40-28-20-39-29-25(28)16-17-38-29/h2,4-5,8-9,12-15,23,25-29,33H,3,6-7,10-11,16-20H2,1H3,(H,31,34)/t25?,26-,27+,28-,29?/m0/s1. The van der Waals surface area contributed by atoms with Crippen molar-refractivity contribution in [1.82, 2.24) is 9.79 Å². The molecule has 5 atom stereocenters. The molecule has 1 amide bonds. The Morgan fingerprint density at radius 1 is 1.05 bits per heavy atom. The molecule has 1 saturated carbocycles. The summed E-state index contributed by atoms with van der Waals surface area (Å²) in [4.78, 5) is 19.1. The summed E-state index contributed by atoms with van der Waals surface area (Å²) in [7, 11) is -2.66. The van der Waals surface area contributed by atoms with Crippen LogP contribution in [0.25, 0.3) is 0 Å². The lowest BCUT2D eigenvalue weighted by molar-refractivity contribution is -0.156. The van der Waals surface area contributed by atoms with Gasteiger partial charge in [0.15, 0.2) is 6.29 Å². The highest BCUT2D eigenvalue weighted by Gasteiger charge is 2.44. The topological polar surface area (TPSA) is 133 Å². The van der Waals surface area contributed by atoms with Gasteiger partial charge in [-0.25, -0.2) is 13.2 Å². The van der Waals surface area contributed by atoms with Crippen LogP contribution in [0, 0.1) is 5.92 Å². The molecule has 3 aliphatic rings. The third-order valence-electron chi connectivity index (χ3n) is 8.09. The molecule has 2 N–H and O–H groups in total. The Morgan fingerprint density at radius 2 is 1.79 bits per heavy atom. The fourth-order valence-corrected chi connectivity index (χ4v) is 7.00. The highest BCUT2D eigenvalue weighted by molar-refractivity contribution is 7.89. The van der Waals surface area contributed by atoms with Gasteiger partial charge in [-0.05, 0) is 55.5 Å². The summed E-state index contributed by atoms with van der Waals surface area (Å²) in [5, 5.41) is 14.3. The molecule has 11 nitrogen and oxygen atoms in total. The van der Waals surface area contributed by atoms with Gasteiger partial charge in [-0.2, -0.15) is 0 Å². The zero-order valence-electron chi connectivity index (χ0n) is 23.8. The molecule has 1 aliphatic carbocycles. The average molecular weight is 605 g/mol. The van der Waals surface area contributed by atoms with Gasteiger partial charge >= 0.3 is 6.09 Å². The molecule has 2 aromatic carbocycles. The lowest BCUT2D eigenvalue weighted by atomic mass is 9.98. The van der Waals surface area contributed by atoms with Crippen LogP contribution in [0.2, 0.25) is 0 Å². The summed E-state index contributed by atoms with van der Waals surface area (Å²) in [6, 6.07) is 14.5. The van der Waals surface area contributed by atoms with Crippen LogP contribution in [-0.4, -0.2) is 81.6 Å². The van der Waals surface area contributed by atoms with Gasteiger partial charge < -0.3 is 29.4 Å². The quantitative estimate of drug-likeness (QED) is 0.350. The Labute approximate surface area is 247 Å². The van der Waals surface area contributed by atoms with Crippen molar-refractivity contribution in [2.45, 2.75) is 80.5 Å². The molecule has 2 aromatic rings. The van der Waals surface area contributed by atoms with Gasteiger partial charge in [-0.3, -0.25) is 4.84 Å². The maximum absolute atomic E-state index is 13.8. The van der Waals surface area contributed by atoms with E-state index in [9.17, 15) is 18.3 Å². The predicted octanol–water partition coefficient (Wildman–Crippen LogP) is 3.41. The summed E-state index contributed by atoms with van der Waals surface area (Å²) in [6.07, 6.45) is 2.18. The van der Waals surface area contributed by atoms with E-state index in [-0.39, 0.29) is 36.2 Å². The number of hydrogen-bond donors (Lipinski definition) is 2. The average Bonchev–Trinajstić information content (AvgIpc) is 3.63. The van der Waals surface area contributed by atoms with E-state index in [1.807, 2.05) is 30.3 Å². The lowest BCUT2D eigenvalue weighted by Gasteiger charge is -2.32. The highest BCUT2D eigenvalue weighted by Crippen LogP contribution is 2.33. The maximum Gasteiger partial charge on any atom is 0.407 e. The van der Waals surface area contributed by atoms with Gasteiger partial charge in [0.2, 0.25) is 0 Å². The van der Waals surface area contributed by atoms with Crippen molar-refractivity contribution in [2.24, 2.45) is 5.92 Å². The molecule has 2 heterocycles. The van der Waals surface area contributed by atoms with Crippen LogP contribution in [0.3, 0.4) is 0 Å². The zero-order valence-corrected chi connectivity index (χ0v) is 24.6.